The highest BCUT2D eigenvalue weighted by Gasteiger charge is 2.30. The van der Waals surface area contributed by atoms with Crippen LogP contribution in [0.2, 0.25) is 0 Å². The van der Waals surface area contributed by atoms with Crippen LogP contribution in [-0.2, 0) is 17.5 Å². The lowest BCUT2D eigenvalue weighted by Gasteiger charge is -2.07. The van der Waals surface area contributed by atoms with E-state index in [9.17, 15) is 18.0 Å². The number of carboxylic acids is 1. The van der Waals surface area contributed by atoms with Crippen molar-refractivity contribution in [2.45, 2.75) is 19.1 Å². The van der Waals surface area contributed by atoms with Gasteiger partial charge in [-0.05, 0) is 22.6 Å². The molecule has 0 saturated carbocycles. The number of hydrogen-bond donors (Lipinski definition) is 1. The molecule has 0 aliphatic carbocycles. The van der Waals surface area contributed by atoms with Crippen LogP contribution in [0.25, 0.3) is 11.4 Å². The summed E-state index contributed by atoms with van der Waals surface area (Å²) in [6.45, 7) is 0.0404. The Balaban J connectivity index is 2.24. The van der Waals surface area contributed by atoms with Gasteiger partial charge in [0, 0.05) is 5.56 Å². The number of halogens is 3. The molecule has 2 aromatic rings. The average molecular weight is 286 g/mol. The Labute approximate surface area is 110 Å². The fourth-order valence-corrected chi connectivity index (χ4v) is 1.57. The number of alkyl halides is 3. The number of hydrogen-bond acceptors (Lipinski definition) is 4. The van der Waals surface area contributed by atoms with Gasteiger partial charge >= 0.3 is 12.1 Å². The molecule has 1 heterocycles. The molecular weight excluding hydrogens is 277 g/mol. The zero-order valence-electron chi connectivity index (χ0n) is 10.0. The molecule has 0 unspecified atom stereocenters. The number of rotatable bonds is 4. The second-order valence-corrected chi connectivity index (χ2v) is 3.94. The molecule has 106 valence electrons. The number of aromatic nitrogens is 4. The van der Waals surface area contributed by atoms with Crippen LogP contribution >= 0.6 is 0 Å². The van der Waals surface area contributed by atoms with E-state index in [2.05, 4.69) is 15.5 Å². The van der Waals surface area contributed by atoms with Gasteiger partial charge in [0.25, 0.3) is 0 Å². The lowest BCUT2D eigenvalue weighted by molar-refractivity contribution is -0.138. The fraction of sp³-hybridized carbons (Fsp3) is 0.273. The van der Waals surface area contributed by atoms with Crippen molar-refractivity contribution in [1.29, 1.82) is 0 Å². The van der Waals surface area contributed by atoms with E-state index in [0.717, 1.165) is 12.1 Å². The molecule has 1 N–H and O–H groups in total. The zero-order chi connectivity index (χ0) is 14.8. The van der Waals surface area contributed by atoms with E-state index in [-0.39, 0.29) is 18.8 Å². The first-order chi connectivity index (χ1) is 9.38. The minimum atomic E-state index is -4.41. The Morgan fingerprint density at radius 1 is 1.25 bits per heavy atom. The van der Waals surface area contributed by atoms with Gasteiger partial charge in [-0.2, -0.15) is 13.2 Å². The molecule has 1 aromatic carbocycles. The van der Waals surface area contributed by atoms with E-state index in [4.69, 9.17) is 5.11 Å². The SMILES string of the molecule is O=C(O)CCn1nnnc1-c1ccc(C(F)(F)F)cc1. The topological polar surface area (TPSA) is 80.9 Å². The normalized spacial score (nSPS) is 11.6. The molecular formula is C11H9F3N4O2. The maximum absolute atomic E-state index is 12.4. The Morgan fingerprint density at radius 3 is 2.45 bits per heavy atom. The molecule has 0 saturated heterocycles. The molecule has 0 spiro atoms. The number of aryl methyl sites for hydroxylation is 1. The van der Waals surface area contributed by atoms with Crippen molar-refractivity contribution in [2.75, 3.05) is 0 Å². The van der Waals surface area contributed by atoms with E-state index in [1.807, 2.05) is 0 Å². The minimum Gasteiger partial charge on any atom is -0.481 e. The number of carbonyl (C=O) groups is 1. The predicted octanol–water partition coefficient (Wildman–Crippen LogP) is 1.83. The van der Waals surface area contributed by atoms with Crippen molar-refractivity contribution < 1.29 is 23.1 Å². The van der Waals surface area contributed by atoms with Crippen LogP contribution in [0, 0.1) is 0 Å². The Kier molecular flexibility index (Phi) is 3.68. The van der Waals surface area contributed by atoms with E-state index in [0.29, 0.717) is 5.56 Å². The van der Waals surface area contributed by atoms with Crippen LogP contribution in [-0.4, -0.2) is 31.3 Å². The van der Waals surface area contributed by atoms with Crippen LogP contribution in [0.4, 0.5) is 13.2 Å². The Hall–Kier alpha value is -2.45. The standard InChI is InChI=1S/C11H9F3N4O2/c12-11(13,14)8-3-1-7(2-4-8)10-15-16-17-18(10)6-5-9(19)20/h1-4H,5-6H2,(H,19,20). The first kappa shape index (κ1) is 14.0. The number of nitrogens with zero attached hydrogens (tertiary/aromatic N) is 4. The summed E-state index contributed by atoms with van der Waals surface area (Å²) in [5.74, 6) is -0.793. The van der Waals surface area contributed by atoms with Gasteiger partial charge in [0.15, 0.2) is 5.82 Å². The molecule has 0 radical (unpaired) electrons. The highest BCUT2D eigenvalue weighted by atomic mass is 19.4. The van der Waals surface area contributed by atoms with Crippen LogP contribution in [0.5, 0.6) is 0 Å². The number of carboxylic acid groups (broad SMARTS) is 1. The Morgan fingerprint density at radius 2 is 1.90 bits per heavy atom. The van der Waals surface area contributed by atoms with Gasteiger partial charge in [0.05, 0.1) is 18.5 Å². The molecule has 6 nitrogen and oxygen atoms in total. The monoisotopic (exact) mass is 286 g/mol. The molecule has 1 aromatic heterocycles. The summed E-state index contributed by atoms with van der Waals surface area (Å²) in [4.78, 5) is 10.5. The fourth-order valence-electron chi connectivity index (χ4n) is 1.57. The predicted molar refractivity (Wildman–Crippen MR) is 60.5 cm³/mol. The van der Waals surface area contributed by atoms with Gasteiger partial charge in [0.1, 0.15) is 0 Å². The Bertz CT molecular complexity index is 607. The average Bonchev–Trinajstić information content (AvgIpc) is 2.83. The summed E-state index contributed by atoms with van der Waals surface area (Å²) in [6, 6.07) is 4.33. The number of benzene rings is 1. The van der Waals surface area contributed by atoms with Crippen molar-refractivity contribution in [3.05, 3.63) is 29.8 Å². The first-order valence-corrected chi connectivity index (χ1v) is 5.53. The second-order valence-electron chi connectivity index (χ2n) is 3.94. The third-order valence-corrected chi connectivity index (χ3v) is 2.54. The van der Waals surface area contributed by atoms with Crippen molar-refractivity contribution in [3.63, 3.8) is 0 Å². The molecule has 9 heteroatoms. The lowest BCUT2D eigenvalue weighted by atomic mass is 10.1. The summed E-state index contributed by atoms with van der Waals surface area (Å²) in [7, 11) is 0. The zero-order valence-corrected chi connectivity index (χ0v) is 10.0. The number of aliphatic carboxylic acids is 1. The minimum absolute atomic E-state index is 0.0404. The van der Waals surface area contributed by atoms with Crippen LogP contribution in [0.1, 0.15) is 12.0 Å². The second kappa shape index (κ2) is 5.27. The largest absolute Gasteiger partial charge is 0.481 e. The van der Waals surface area contributed by atoms with Crippen LogP contribution in [0.15, 0.2) is 24.3 Å². The maximum atomic E-state index is 12.4. The third-order valence-electron chi connectivity index (χ3n) is 2.54. The molecule has 20 heavy (non-hydrogen) atoms. The smallest absolute Gasteiger partial charge is 0.416 e. The van der Waals surface area contributed by atoms with Crippen molar-refractivity contribution in [1.82, 2.24) is 20.2 Å². The third kappa shape index (κ3) is 3.11. The molecule has 0 fully saturated rings. The van der Waals surface area contributed by atoms with Gasteiger partial charge in [-0.3, -0.25) is 4.79 Å². The van der Waals surface area contributed by atoms with E-state index in [1.54, 1.807) is 0 Å². The highest BCUT2D eigenvalue weighted by molar-refractivity contribution is 5.66. The van der Waals surface area contributed by atoms with E-state index >= 15 is 0 Å². The molecule has 0 aliphatic rings. The van der Waals surface area contributed by atoms with E-state index < -0.39 is 17.7 Å². The maximum Gasteiger partial charge on any atom is 0.416 e. The lowest BCUT2D eigenvalue weighted by Crippen LogP contribution is -2.08. The summed E-state index contributed by atoms with van der Waals surface area (Å²) < 4.78 is 38.6. The molecule has 0 aliphatic heterocycles. The highest BCUT2D eigenvalue weighted by Crippen LogP contribution is 2.30. The summed E-state index contributed by atoms with van der Waals surface area (Å²) in [5.41, 5.74) is -0.390. The van der Waals surface area contributed by atoms with E-state index in [1.165, 1.54) is 16.8 Å². The summed E-state index contributed by atoms with van der Waals surface area (Å²) >= 11 is 0. The van der Waals surface area contributed by atoms with Gasteiger partial charge < -0.3 is 5.11 Å². The quantitative estimate of drug-likeness (QED) is 0.927. The number of tetrazole rings is 1. The van der Waals surface area contributed by atoms with Gasteiger partial charge in [-0.1, -0.05) is 12.1 Å². The van der Waals surface area contributed by atoms with Gasteiger partial charge in [-0.25, -0.2) is 4.68 Å². The van der Waals surface area contributed by atoms with Crippen molar-refractivity contribution in [3.8, 4) is 11.4 Å². The molecule has 0 amide bonds. The van der Waals surface area contributed by atoms with Crippen molar-refractivity contribution in [2.24, 2.45) is 0 Å². The van der Waals surface area contributed by atoms with Gasteiger partial charge in [0.2, 0.25) is 0 Å². The first-order valence-electron chi connectivity index (χ1n) is 5.53. The molecule has 2 rings (SSSR count). The molecule has 0 bridgehead atoms. The molecule has 0 atom stereocenters. The van der Waals surface area contributed by atoms with Crippen LogP contribution in [0.3, 0.4) is 0 Å². The van der Waals surface area contributed by atoms with Gasteiger partial charge in [-0.15, -0.1) is 5.10 Å². The van der Waals surface area contributed by atoms with Crippen LogP contribution < -0.4 is 0 Å². The summed E-state index contributed by atoms with van der Waals surface area (Å²) in [6.07, 6.45) is -4.59. The van der Waals surface area contributed by atoms with Crippen molar-refractivity contribution >= 4 is 5.97 Å². The summed E-state index contributed by atoms with van der Waals surface area (Å²) in [5, 5.41) is 19.3.